The van der Waals surface area contributed by atoms with Crippen LogP contribution in [0.3, 0.4) is 0 Å². The quantitative estimate of drug-likeness (QED) is 0.640. The number of hydrogen-bond donors (Lipinski definition) is 2. The summed E-state index contributed by atoms with van der Waals surface area (Å²) in [6.45, 7) is 4.24. The fourth-order valence-electron chi connectivity index (χ4n) is 2.96. The number of carbonyl (C=O) groups is 1. The smallest absolute Gasteiger partial charge is 0.325 e. The highest BCUT2D eigenvalue weighted by atomic mass is 32.1. The van der Waals surface area contributed by atoms with E-state index >= 15 is 0 Å². The number of aromatic nitrogens is 2. The van der Waals surface area contributed by atoms with Crippen LogP contribution in [0.15, 0.2) is 36.5 Å². The van der Waals surface area contributed by atoms with E-state index in [1.807, 2.05) is 42.2 Å². The van der Waals surface area contributed by atoms with Gasteiger partial charge < -0.3 is 19.9 Å². The molecule has 126 valence electrons. The summed E-state index contributed by atoms with van der Waals surface area (Å²) in [6, 6.07) is 9.52. The van der Waals surface area contributed by atoms with Gasteiger partial charge in [-0.1, -0.05) is 6.07 Å². The molecule has 24 heavy (non-hydrogen) atoms. The number of nitrogens with zero attached hydrogens (tertiary/aromatic N) is 2. The molecule has 0 unspecified atom stereocenters. The van der Waals surface area contributed by atoms with E-state index in [1.165, 1.54) is 0 Å². The van der Waals surface area contributed by atoms with Crippen LogP contribution in [0.2, 0.25) is 0 Å². The van der Waals surface area contributed by atoms with Gasteiger partial charge in [0.1, 0.15) is 6.54 Å². The third-order valence-corrected chi connectivity index (χ3v) is 4.33. The van der Waals surface area contributed by atoms with Crippen LogP contribution in [0, 0.1) is 6.92 Å². The topological polar surface area (TPSA) is 70.2 Å². The average molecular weight is 344 g/mol. The standard InChI is InChI=1S/C17H20N4O2S/c1-3-23-14(22)10-21-16(13-8-7-11(2)19-13)15(20-17(21)24)12-6-4-5-9-18-12/h4-9,15-16,19H,3,10H2,1-2H3,(H,20,24)/t15-,16+/m0/s1. The van der Waals surface area contributed by atoms with Crippen molar-refractivity contribution in [3.63, 3.8) is 0 Å². The molecule has 1 saturated heterocycles. The molecular formula is C17H20N4O2S. The lowest BCUT2D eigenvalue weighted by Gasteiger charge is -2.26. The molecule has 1 fully saturated rings. The van der Waals surface area contributed by atoms with Crippen LogP contribution in [0.4, 0.5) is 0 Å². The Morgan fingerprint density at radius 3 is 2.83 bits per heavy atom. The number of carbonyl (C=O) groups excluding carboxylic acids is 1. The van der Waals surface area contributed by atoms with E-state index in [-0.39, 0.29) is 24.6 Å². The predicted molar refractivity (Wildman–Crippen MR) is 94.3 cm³/mol. The van der Waals surface area contributed by atoms with Crippen molar-refractivity contribution in [2.45, 2.75) is 25.9 Å². The molecule has 7 heteroatoms. The molecule has 2 atom stereocenters. The van der Waals surface area contributed by atoms with E-state index < -0.39 is 0 Å². The molecule has 2 N–H and O–H groups in total. The molecule has 0 saturated carbocycles. The Kier molecular flexibility index (Phi) is 4.80. The van der Waals surface area contributed by atoms with E-state index in [2.05, 4.69) is 15.3 Å². The number of H-pyrrole nitrogens is 1. The second-order valence-electron chi connectivity index (χ2n) is 5.66. The van der Waals surface area contributed by atoms with Gasteiger partial charge in [0.25, 0.3) is 0 Å². The molecular weight excluding hydrogens is 324 g/mol. The first-order valence-electron chi connectivity index (χ1n) is 7.89. The summed E-state index contributed by atoms with van der Waals surface area (Å²) in [7, 11) is 0. The van der Waals surface area contributed by atoms with Gasteiger partial charge in [0.05, 0.1) is 24.4 Å². The summed E-state index contributed by atoms with van der Waals surface area (Å²) in [5.74, 6) is -0.295. The number of esters is 1. The van der Waals surface area contributed by atoms with Gasteiger partial charge in [-0.25, -0.2) is 0 Å². The molecule has 1 aliphatic rings. The Morgan fingerprint density at radius 1 is 1.38 bits per heavy atom. The lowest BCUT2D eigenvalue weighted by atomic mass is 10.0. The Balaban J connectivity index is 1.95. The van der Waals surface area contributed by atoms with Crippen molar-refractivity contribution in [2.24, 2.45) is 0 Å². The second-order valence-corrected chi connectivity index (χ2v) is 6.04. The number of ether oxygens (including phenoxy) is 1. The summed E-state index contributed by atoms with van der Waals surface area (Å²) in [6.07, 6.45) is 1.76. The first-order valence-corrected chi connectivity index (χ1v) is 8.30. The number of aromatic amines is 1. The van der Waals surface area contributed by atoms with Crippen molar-refractivity contribution in [3.05, 3.63) is 53.6 Å². The third kappa shape index (κ3) is 3.26. The lowest BCUT2D eigenvalue weighted by Crippen LogP contribution is -2.35. The Labute approximate surface area is 146 Å². The molecule has 6 nitrogen and oxygen atoms in total. The molecule has 0 spiro atoms. The first-order chi connectivity index (χ1) is 11.6. The number of thiocarbonyl (C=S) groups is 1. The van der Waals surface area contributed by atoms with Crippen molar-refractivity contribution in [1.29, 1.82) is 0 Å². The van der Waals surface area contributed by atoms with Crippen molar-refractivity contribution < 1.29 is 9.53 Å². The Bertz CT molecular complexity index is 731. The summed E-state index contributed by atoms with van der Waals surface area (Å²) in [4.78, 5) is 21.7. The van der Waals surface area contributed by atoms with Crippen LogP contribution >= 0.6 is 12.2 Å². The normalized spacial score (nSPS) is 20.1. The van der Waals surface area contributed by atoms with Gasteiger partial charge in [0.15, 0.2) is 5.11 Å². The maximum Gasteiger partial charge on any atom is 0.325 e. The molecule has 0 aromatic carbocycles. The molecule has 3 rings (SSSR count). The zero-order chi connectivity index (χ0) is 17.1. The van der Waals surface area contributed by atoms with Gasteiger partial charge >= 0.3 is 5.97 Å². The van der Waals surface area contributed by atoms with Crippen molar-refractivity contribution >= 4 is 23.3 Å². The highest BCUT2D eigenvalue weighted by Crippen LogP contribution is 2.37. The summed E-state index contributed by atoms with van der Waals surface area (Å²) < 4.78 is 5.09. The van der Waals surface area contributed by atoms with Crippen LogP contribution in [0.1, 0.15) is 36.1 Å². The van der Waals surface area contributed by atoms with Crippen LogP contribution in [0.25, 0.3) is 0 Å². The molecule has 0 radical (unpaired) electrons. The monoisotopic (exact) mass is 344 g/mol. The van der Waals surface area contributed by atoms with Gasteiger partial charge in [-0.15, -0.1) is 0 Å². The van der Waals surface area contributed by atoms with E-state index in [4.69, 9.17) is 17.0 Å². The highest BCUT2D eigenvalue weighted by Gasteiger charge is 2.41. The lowest BCUT2D eigenvalue weighted by molar-refractivity contribution is -0.143. The summed E-state index contributed by atoms with van der Waals surface area (Å²) >= 11 is 5.47. The van der Waals surface area contributed by atoms with Gasteiger partial charge in [0, 0.05) is 17.6 Å². The largest absolute Gasteiger partial charge is 0.465 e. The maximum atomic E-state index is 12.0. The van der Waals surface area contributed by atoms with Crippen molar-refractivity contribution in [3.8, 4) is 0 Å². The van der Waals surface area contributed by atoms with E-state index in [9.17, 15) is 4.79 Å². The zero-order valence-electron chi connectivity index (χ0n) is 13.7. The molecule has 0 aliphatic carbocycles. The second kappa shape index (κ2) is 7.00. The minimum absolute atomic E-state index is 0.103. The molecule has 2 aromatic heterocycles. The van der Waals surface area contributed by atoms with Crippen LogP contribution < -0.4 is 5.32 Å². The fraction of sp³-hybridized carbons (Fsp3) is 0.353. The number of hydrogen-bond acceptors (Lipinski definition) is 4. The van der Waals surface area contributed by atoms with E-state index in [0.717, 1.165) is 17.1 Å². The first kappa shape index (κ1) is 16.4. The molecule has 1 aliphatic heterocycles. The number of nitrogens with one attached hydrogen (secondary N) is 2. The molecule has 0 bridgehead atoms. The van der Waals surface area contributed by atoms with Gasteiger partial charge in [-0.05, 0) is 50.3 Å². The third-order valence-electron chi connectivity index (χ3n) is 3.98. The van der Waals surface area contributed by atoms with Crippen LogP contribution in [-0.2, 0) is 9.53 Å². The predicted octanol–water partition coefficient (Wildman–Crippen LogP) is 2.25. The van der Waals surface area contributed by atoms with E-state index in [1.54, 1.807) is 13.1 Å². The zero-order valence-corrected chi connectivity index (χ0v) is 14.5. The number of rotatable bonds is 5. The summed E-state index contributed by atoms with van der Waals surface area (Å²) in [5.41, 5.74) is 2.92. The number of pyridine rings is 1. The molecule has 2 aromatic rings. The minimum Gasteiger partial charge on any atom is -0.465 e. The molecule has 3 heterocycles. The van der Waals surface area contributed by atoms with Gasteiger partial charge in [-0.3, -0.25) is 9.78 Å². The average Bonchev–Trinajstić information content (AvgIpc) is 3.13. The highest BCUT2D eigenvalue weighted by molar-refractivity contribution is 7.80. The van der Waals surface area contributed by atoms with Gasteiger partial charge in [-0.2, -0.15) is 0 Å². The van der Waals surface area contributed by atoms with Crippen LogP contribution in [0.5, 0.6) is 0 Å². The molecule has 0 amide bonds. The Hall–Kier alpha value is -2.41. The minimum atomic E-state index is -0.295. The SMILES string of the molecule is CCOC(=O)CN1C(=S)N[C@@H](c2ccccn2)[C@H]1c1ccc(C)[nH]1. The summed E-state index contributed by atoms with van der Waals surface area (Å²) in [5, 5.41) is 3.82. The fourth-order valence-corrected chi connectivity index (χ4v) is 3.26. The Morgan fingerprint density at radius 2 is 2.21 bits per heavy atom. The van der Waals surface area contributed by atoms with Crippen molar-refractivity contribution in [1.82, 2.24) is 20.2 Å². The van der Waals surface area contributed by atoms with E-state index in [0.29, 0.717) is 11.7 Å². The van der Waals surface area contributed by atoms with Gasteiger partial charge in [0.2, 0.25) is 0 Å². The van der Waals surface area contributed by atoms with Crippen molar-refractivity contribution in [2.75, 3.05) is 13.2 Å². The van der Waals surface area contributed by atoms with Crippen LogP contribution in [-0.4, -0.2) is 39.1 Å². The number of aryl methyl sites for hydroxylation is 1. The maximum absolute atomic E-state index is 12.0.